The molecule has 0 bridgehead atoms. The molecule has 8 nitrogen and oxygen atoms in total. The van der Waals surface area contributed by atoms with Crippen LogP contribution in [0.5, 0.6) is 11.5 Å². The number of hydrogen-bond acceptors (Lipinski definition) is 5. The van der Waals surface area contributed by atoms with E-state index in [1.165, 1.54) is 4.90 Å². The average molecular weight is 633 g/mol. The van der Waals surface area contributed by atoms with E-state index in [9.17, 15) is 18.0 Å². The first-order valence-electron chi connectivity index (χ1n) is 13.9. The quantitative estimate of drug-likeness (QED) is 0.249. The van der Waals surface area contributed by atoms with Crippen LogP contribution in [-0.2, 0) is 26.2 Å². The second kappa shape index (κ2) is 14.3. The molecule has 0 unspecified atom stereocenters. The van der Waals surface area contributed by atoms with E-state index in [1.54, 1.807) is 42.5 Å². The van der Waals surface area contributed by atoms with Crippen molar-refractivity contribution in [1.82, 2.24) is 10.2 Å². The van der Waals surface area contributed by atoms with E-state index in [0.29, 0.717) is 33.5 Å². The van der Waals surface area contributed by atoms with E-state index in [-0.39, 0.29) is 24.2 Å². The van der Waals surface area contributed by atoms with Crippen molar-refractivity contribution in [3.63, 3.8) is 0 Å². The summed E-state index contributed by atoms with van der Waals surface area (Å²) >= 11 is 12.9. The highest BCUT2D eigenvalue weighted by molar-refractivity contribution is 7.92. The van der Waals surface area contributed by atoms with Crippen molar-refractivity contribution in [1.29, 1.82) is 0 Å². The molecule has 11 heteroatoms. The van der Waals surface area contributed by atoms with Crippen LogP contribution in [0.15, 0.2) is 72.8 Å². The van der Waals surface area contributed by atoms with E-state index in [0.717, 1.165) is 36.2 Å². The summed E-state index contributed by atoms with van der Waals surface area (Å²) in [5.74, 6) is 0.300. The predicted molar refractivity (Wildman–Crippen MR) is 167 cm³/mol. The van der Waals surface area contributed by atoms with Gasteiger partial charge in [-0.05, 0) is 67.8 Å². The van der Waals surface area contributed by atoms with E-state index in [4.69, 9.17) is 27.9 Å². The molecule has 1 saturated carbocycles. The summed E-state index contributed by atoms with van der Waals surface area (Å²) in [6.45, 7) is 1.23. The number of carbonyl (C=O) groups is 2. The Morgan fingerprint density at radius 2 is 1.52 bits per heavy atom. The monoisotopic (exact) mass is 631 g/mol. The van der Waals surface area contributed by atoms with Crippen molar-refractivity contribution < 1.29 is 22.7 Å². The smallest absolute Gasteiger partial charge is 0.244 e. The molecule has 0 radical (unpaired) electrons. The minimum atomic E-state index is -3.89. The van der Waals surface area contributed by atoms with Crippen molar-refractivity contribution in [2.75, 3.05) is 17.1 Å². The normalized spacial score (nSPS) is 14.3. The summed E-state index contributed by atoms with van der Waals surface area (Å²) in [4.78, 5) is 28.8. The molecular weight excluding hydrogens is 597 g/mol. The number of nitrogens with one attached hydrogen (secondary N) is 1. The fourth-order valence-electron chi connectivity index (χ4n) is 5.06. The zero-order valence-electron chi connectivity index (χ0n) is 23.6. The largest absolute Gasteiger partial charge is 0.457 e. The molecule has 1 atom stereocenters. The molecule has 224 valence electrons. The second-order valence-corrected chi connectivity index (χ2v) is 13.0. The van der Waals surface area contributed by atoms with Crippen molar-refractivity contribution in [2.24, 2.45) is 0 Å². The van der Waals surface area contributed by atoms with E-state index in [2.05, 4.69) is 5.32 Å². The standard InChI is InChI=1S/C31H35Cl2N3O5S/c1-3-29(31(38)34-22-10-7-8-11-22)35(20-26-27(32)14-9-15-28(26)33)30(37)21-36(42(2,39)40)23-16-18-25(19-17-23)41-24-12-5-4-6-13-24/h4-6,9,12-19,22,29H,3,7-8,10-11,20-21H2,1-2H3,(H,34,38)/t29-/m1/s1. The first-order chi connectivity index (χ1) is 20.1. The average Bonchev–Trinajstić information content (AvgIpc) is 3.46. The number of para-hydroxylation sites is 1. The molecular formula is C31H35Cl2N3O5S. The van der Waals surface area contributed by atoms with Crippen LogP contribution in [0, 0.1) is 0 Å². The SMILES string of the molecule is CC[C@H](C(=O)NC1CCCC1)N(Cc1c(Cl)cccc1Cl)C(=O)CN(c1ccc(Oc2ccccc2)cc1)S(C)(=O)=O. The van der Waals surface area contributed by atoms with Crippen LogP contribution in [0.25, 0.3) is 0 Å². The lowest BCUT2D eigenvalue weighted by atomic mass is 10.1. The number of halogens is 2. The summed E-state index contributed by atoms with van der Waals surface area (Å²) in [7, 11) is -3.89. The van der Waals surface area contributed by atoms with E-state index in [1.807, 2.05) is 37.3 Å². The van der Waals surface area contributed by atoms with Gasteiger partial charge in [0, 0.05) is 28.2 Å². The van der Waals surface area contributed by atoms with Crippen LogP contribution in [0.3, 0.4) is 0 Å². The minimum absolute atomic E-state index is 0.0524. The Hall–Kier alpha value is -3.27. The number of amides is 2. The summed E-state index contributed by atoms with van der Waals surface area (Å²) in [6.07, 6.45) is 5.21. The molecule has 0 saturated heterocycles. The number of nitrogens with zero attached hydrogens (tertiary/aromatic N) is 2. The summed E-state index contributed by atoms with van der Waals surface area (Å²) < 4.78 is 32.7. The lowest BCUT2D eigenvalue weighted by Gasteiger charge is -2.33. The summed E-state index contributed by atoms with van der Waals surface area (Å²) in [5, 5.41) is 3.77. The van der Waals surface area contributed by atoms with Crippen LogP contribution >= 0.6 is 23.2 Å². The Morgan fingerprint density at radius 1 is 0.929 bits per heavy atom. The molecule has 3 aromatic rings. The molecule has 0 heterocycles. The molecule has 1 aliphatic rings. The topological polar surface area (TPSA) is 96.0 Å². The van der Waals surface area contributed by atoms with E-state index < -0.39 is 28.5 Å². The fraction of sp³-hybridized carbons (Fsp3) is 0.355. The molecule has 4 rings (SSSR count). The summed E-state index contributed by atoms with van der Waals surface area (Å²) in [6, 6.07) is 19.8. The number of benzene rings is 3. The van der Waals surface area contributed by atoms with E-state index >= 15 is 0 Å². The van der Waals surface area contributed by atoms with Gasteiger partial charge in [-0.3, -0.25) is 13.9 Å². The van der Waals surface area contributed by atoms with Gasteiger partial charge in [0.1, 0.15) is 24.1 Å². The molecule has 2 amide bonds. The maximum absolute atomic E-state index is 14.0. The molecule has 1 aliphatic carbocycles. The van der Waals surface area contributed by atoms with Crippen LogP contribution in [0.4, 0.5) is 5.69 Å². The van der Waals surface area contributed by atoms with Crippen LogP contribution in [0.1, 0.15) is 44.6 Å². The van der Waals surface area contributed by atoms with Gasteiger partial charge in [-0.25, -0.2) is 8.42 Å². The highest BCUT2D eigenvalue weighted by Gasteiger charge is 2.33. The highest BCUT2D eigenvalue weighted by Crippen LogP contribution is 2.29. The number of hydrogen-bond donors (Lipinski definition) is 1. The fourth-order valence-corrected chi connectivity index (χ4v) is 6.43. The summed E-state index contributed by atoms with van der Waals surface area (Å²) in [5.41, 5.74) is 0.764. The van der Waals surface area contributed by atoms with Gasteiger partial charge in [0.25, 0.3) is 0 Å². The van der Waals surface area contributed by atoms with Crippen molar-refractivity contribution >= 4 is 50.7 Å². The zero-order valence-corrected chi connectivity index (χ0v) is 26.0. The Kier molecular flexibility index (Phi) is 10.8. The van der Waals surface area contributed by atoms with Crippen LogP contribution in [-0.4, -0.2) is 50.0 Å². The maximum atomic E-state index is 14.0. The van der Waals surface area contributed by atoms with Crippen molar-refractivity contribution in [3.8, 4) is 11.5 Å². The zero-order chi connectivity index (χ0) is 30.3. The number of rotatable bonds is 12. The van der Waals surface area contributed by atoms with Gasteiger partial charge in [-0.15, -0.1) is 0 Å². The Labute approximate surface area is 257 Å². The van der Waals surface area contributed by atoms with Gasteiger partial charge in [-0.1, -0.05) is 67.2 Å². The van der Waals surface area contributed by atoms with Gasteiger partial charge in [0.05, 0.1) is 11.9 Å². The minimum Gasteiger partial charge on any atom is -0.457 e. The number of ether oxygens (including phenoxy) is 1. The maximum Gasteiger partial charge on any atom is 0.244 e. The van der Waals surface area contributed by atoms with Crippen LogP contribution < -0.4 is 14.4 Å². The molecule has 0 spiro atoms. The van der Waals surface area contributed by atoms with Crippen LogP contribution in [0.2, 0.25) is 10.0 Å². The third-order valence-corrected chi connectivity index (χ3v) is 9.11. The van der Waals surface area contributed by atoms with Gasteiger partial charge < -0.3 is 15.0 Å². The lowest BCUT2D eigenvalue weighted by Crippen LogP contribution is -2.53. The molecule has 3 aromatic carbocycles. The first-order valence-corrected chi connectivity index (χ1v) is 16.5. The van der Waals surface area contributed by atoms with Crippen molar-refractivity contribution in [3.05, 3.63) is 88.4 Å². The third-order valence-electron chi connectivity index (χ3n) is 7.26. The number of carbonyl (C=O) groups excluding carboxylic acids is 2. The highest BCUT2D eigenvalue weighted by atomic mass is 35.5. The molecule has 1 N–H and O–H groups in total. The molecule has 42 heavy (non-hydrogen) atoms. The number of anilines is 1. The predicted octanol–water partition coefficient (Wildman–Crippen LogP) is 6.42. The Morgan fingerprint density at radius 3 is 2.10 bits per heavy atom. The number of sulfonamides is 1. The molecule has 0 aromatic heterocycles. The van der Waals surface area contributed by atoms with Gasteiger partial charge >= 0.3 is 0 Å². The van der Waals surface area contributed by atoms with Gasteiger partial charge in [0.15, 0.2) is 0 Å². The third kappa shape index (κ3) is 8.18. The second-order valence-electron chi connectivity index (χ2n) is 10.3. The van der Waals surface area contributed by atoms with Crippen molar-refractivity contribution in [2.45, 2.75) is 57.7 Å². The lowest BCUT2D eigenvalue weighted by molar-refractivity contribution is -0.140. The van der Waals surface area contributed by atoms with Gasteiger partial charge in [-0.2, -0.15) is 0 Å². The first kappa shape index (κ1) is 31.7. The molecule has 0 aliphatic heterocycles. The molecule has 1 fully saturated rings. The Bertz CT molecular complexity index is 1460. The van der Waals surface area contributed by atoms with Gasteiger partial charge in [0.2, 0.25) is 21.8 Å². The Balaban J connectivity index is 1.61.